The first kappa shape index (κ1) is 16.7. The highest BCUT2D eigenvalue weighted by atomic mass is 16.3. The van der Waals surface area contributed by atoms with E-state index < -0.39 is 0 Å². The van der Waals surface area contributed by atoms with E-state index >= 15 is 0 Å². The lowest BCUT2D eigenvalue weighted by atomic mass is 10.0. The Balaban J connectivity index is 1.64. The third-order valence-corrected chi connectivity index (χ3v) is 3.98. The summed E-state index contributed by atoms with van der Waals surface area (Å²) < 4.78 is 1.80. The number of carbonyl (C=O) groups excluding carboxylic acids is 1. The number of nitrogens with one attached hydrogen (secondary N) is 1. The van der Waals surface area contributed by atoms with Gasteiger partial charge in [0.1, 0.15) is 5.75 Å². The second-order valence-electron chi connectivity index (χ2n) is 5.91. The average molecular weight is 336 g/mol. The molecule has 0 bridgehead atoms. The van der Waals surface area contributed by atoms with Crippen LogP contribution in [0.1, 0.15) is 23.4 Å². The third-order valence-electron chi connectivity index (χ3n) is 3.98. The van der Waals surface area contributed by atoms with Crippen LogP contribution in [-0.2, 0) is 11.3 Å². The van der Waals surface area contributed by atoms with Crippen molar-refractivity contribution >= 4 is 22.9 Å². The van der Waals surface area contributed by atoms with Crippen LogP contribution in [0.4, 0.5) is 0 Å². The molecule has 1 amide bonds. The molecule has 0 atom stereocenters. The van der Waals surface area contributed by atoms with Crippen LogP contribution in [0.15, 0.2) is 47.6 Å². The fraction of sp³-hybridized carbons (Fsp3) is 0.211. The van der Waals surface area contributed by atoms with Gasteiger partial charge in [0.2, 0.25) is 5.91 Å². The fourth-order valence-electron chi connectivity index (χ4n) is 2.75. The van der Waals surface area contributed by atoms with Gasteiger partial charge < -0.3 is 5.11 Å². The molecule has 0 saturated heterocycles. The summed E-state index contributed by atoms with van der Waals surface area (Å²) in [5, 5.41) is 20.2. The summed E-state index contributed by atoms with van der Waals surface area (Å²) in [7, 11) is 0. The number of carbonyl (C=O) groups is 1. The summed E-state index contributed by atoms with van der Waals surface area (Å²) in [6.45, 7) is 4.38. The molecule has 3 aromatic rings. The van der Waals surface area contributed by atoms with Gasteiger partial charge in [-0.05, 0) is 36.8 Å². The number of aromatic hydroxyl groups is 1. The van der Waals surface area contributed by atoms with Gasteiger partial charge in [0.25, 0.3) is 0 Å². The Labute approximate surface area is 145 Å². The van der Waals surface area contributed by atoms with Crippen LogP contribution in [0.25, 0.3) is 10.8 Å². The number of nitrogens with zero attached hydrogens (tertiary/aromatic N) is 3. The number of hydrogen-bond acceptors (Lipinski definition) is 4. The summed E-state index contributed by atoms with van der Waals surface area (Å²) in [5.41, 5.74) is 5.03. The van der Waals surface area contributed by atoms with E-state index in [0.717, 1.165) is 22.2 Å². The Morgan fingerprint density at radius 3 is 2.84 bits per heavy atom. The summed E-state index contributed by atoms with van der Waals surface area (Å²) in [4.78, 5) is 11.9. The molecule has 0 radical (unpaired) electrons. The second kappa shape index (κ2) is 7.17. The zero-order valence-corrected chi connectivity index (χ0v) is 14.2. The van der Waals surface area contributed by atoms with Gasteiger partial charge in [0.05, 0.1) is 18.5 Å². The van der Waals surface area contributed by atoms with Crippen LogP contribution in [-0.4, -0.2) is 27.0 Å². The maximum atomic E-state index is 11.9. The number of hydrogen-bond donors (Lipinski definition) is 2. The van der Waals surface area contributed by atoms with Gasteiger partial charge in [-0.25, -0.2) is 5.43 Å². The summed E-state index contributed by atoms with van der Waals surface area (Å²) in [6, 6.07) is 13.1. The van der Waals surface area contributed by atoms with Crippen molar-refractivity contribution in [2.75, 3.05) is 0 Å². The molecule has 6 nitrogen and oxygen atoms in total. The van der Waals surface area contributed by atoms with E-state index in [9.17, 15) is 9.90 Å². The van der Waals surface area contributed by atoms with E-state index in [1.54, 1.807) is 10.7 Å². The second-order valence-corrected chi connectivity index (χ2v) is 5.91. The Kier molecular flexibility index (Phi) is 4.79. The topological polar surface area (TPSA) is 79.5 Å². The zero-order valence-electron chi connectivity index (χ0n) is 14.2. The summed E-state index contributed by atoms with van der Waals surface area (Å²) in [5.74, 6) is -0.0807. The molecule has 6 heteroatoms. The molecule has 128 valence electrons. The lowest BCUT2D eigenvalue weighted by Gasteiger charge is -2.05. The number of hydrazone groups is 1. The molecule has 1 aromatic heterocycles. The normalized spacial score (nSPS) is 11.3. The lowest BCUT2D eigenvalue weighted by molar-refractivity contribution is -0.121. The van der Waals surface area contributed by atoms with Crippen LogP contribution in [0, 0.1) is 13.8 Å². The average Bonchev–Trinajstić information content (AvgIpc) is 2.92. The molecule has 0 aliphatic carbocycles. The molecule has 0 aliphatic rings. The SMILES string of the molecule is Cc1cc(C)n(CCC(=O)N/N=C\c2c(O)ccc3ccccc23)n1. The zero-order chi connectivity index (χ0) is 17.8. The number of rotatable bonds is 5. The van der Waals surface area contributed by atoms with Gasteiger partial charge in [-0.3, -0.25) is 9.48 Å². The van der Waals surface area contributed by atoms with Crippen molar-refractivity contribution in [2.45, 2.75) is 26.8 Å². The maximum Gasteiger partial charge on any atom is 0.241 e. The Bertz CT molecular complexity index is 944. The van der Waals surface area contributed by atoms with Gasteiger partial charge in [-0.2, -0.15) is 10.2 Å². The van der Waals surface area contributed by atoms with E-state index in [1.807, 2.05) is 50.2 Å². The third kappa shape index (κ3) is 3.85. The number of phenols is 1. The maximum absolute atomic E-state index is 11.9. The van der Waals surface area contributed by atoms with Crippen molar-refractivity contribution in [1.82, 2.24) is 15.2 Å². The van der Waals surface area contributed by atoms with E-state index in [0.29, 0.717) is 12.1 Å². The van der Waals surface area contributed by atoms with E-state index in [1.165, 1.54) is 6.21 Å². The number of fused-ring (bicyclic) bond motifs is 1. The molecule has 2 N–H and O–H groups in total. The Hall–Kier alpha value is -3.15. The molecule has 0 unspecified atom stereocenters. The van der Waals surface area contributed by atoms with Crippen LogP contribution >= 0.6 is 0 Å². The van der Waals surface area contributed by atoms with Crippen molar-refractivity contribution in [3.63, 3.8) is 0 Å². The van der Waals surface area contributed by atoms with Crippen molar-refractivity contribution in [3.05, 3.63) is 59.4 Å². The Morgan fingerprint density at radius 2 is 2.08 bits per heavy atom. The van der Waals surface area contributed by atoms with E-state index in [2.05, 4.69) is 15.6 Å². The molecule has 0 aliphatic heterocycles. The first-order valence-electron chi connectivity index (χ1n) is 8.08. The van der Waals surface area contributed by atoms with Gasteiger partial charge >= 0.3 is 0 Å². The highest BCUT2D eigenvalue weighted by molar-refractivity contribution is 6.02. The van der Waals surface area contributed by atoms with Crippen molar-refractivity contribution in [1.29, 1.82) is 0 Å². The summed E-state index contributed by atoms with van der Waals surface area (Å²) >= 11 is 0. The number of aryl methyl sites for hydroxylation is 3. The fourth-order valence-corrected chi connectivity index (χ4v) is 2.75. The van der Waals surface area contributed by atoms with E-state index in [-0.39, 0.29) is 18.1 Å². The molecule has 0 saturated carbocycles. The molecule has 2 aromatic carbocycles. The number of amides is 1. The number of phenolic OH excluding ortho intramolecular Hbond substituents is 1. The highest BCUT2D eigenvalue weighted by Crippen LogP contribution is 2.25. The van der Waals surface area contributed by atoms with Crippen molar-refractivity contribution < 1.29 is 9.90 Å². The van der Waals surface area contributed by atoms with Gasteiger partial charge in [0, 0.05) is 17.7 Å². The summed E-state index contributed by atoms with van der Waals surface area (Å²) in [6.07, 6.45) is 1.75. The highest BCUT2D eigenvalue weighted by Gasteiger charge is 2.06. The molecule has 3 rings (SSSR count). The van der Waals surface area contributed by atoms with Crippen molar-refractivity contribution in [2.24, 2.45) is 5.10 Å². The first-order chi connectivity index (χ1) is 12.0. The van der Waals surface area contributed by atoms with E-state index in [4.69, 9.17) is 0 Å². The van der Waals surface area contributed by atoms with Crippen LogP contribution in [0.2, 0.25) is 0 Å². The molecular formula is C19H20N4O2. The molecule has 1 heterocycles. The molecular weight excluding hydrogens is 316 g/mol. The monoisotopic (exact) mass is 336 g/mol. The lowest BCUT2D eigenvalue weighted by Crippen LogP contribution is -2.20. The van der Waals surface area contributed by atoms with Crippen LogP contribution in [0.5, 0.6) is 5.75 Å². The quantitative estimate of drug-likeness (QED) is 0.555. The smallest absolute Gasteiger partial charge is 0.241 e. The largest absolute Gasteiger partial charge is 0.507 e. The Morgan fingerprint density at radius 1 is 1.28 bits per heavy atom. The van der Waals surface area contributed by atoms with Gasteiger partial charge in [-0.1, -0.05) is 30.3 Å². The molecule has 0 fully saturated rings. The first-order valence-corrected chi connectivity index (χ1v) is 8.08. The van der Waals surface area contributed by atoms with Crippen LogP contribution in [0.3, 0.4) is 0 Å². The minimum absolute atomic E-state index is 0.124. The number of benzene rings is 2. The van der Waals surface area contributed by atoms with Crippen LogP contribution < -0.4 is 5.43 Å². The minimum atomic E-state index is -0.205. The predicted octanol–water partition coefficient (Wildman–Crippen LogP) is 2.90. The van der Waals surface area contributed by atoms with Crippen molar-refractivity contribution in [3.8, 4) is 5.75 Å². The predicted molar refractivity (Wildman–Crippen MR) is 97.7 cm³/mol. The minimum Gasteiger partial charge on any atom is -0.507 e. The molecule has 25 heavy (non-hydrogen) atoms. The van der Waals surface area contributed by atoms with Gasteiger partial charge in [0.15, 0.2) is 0 Å². The number of aromatic nitrogens is 2. The standard InChI is InChI=1S/C19H20N4O2/c1-13-11-14(2)23(22-13)10-9-19(25)21-20-12-17-16-6-4-3-5-15(16)7-8-18(17)24/h3-8,11-12,24H,9-10H2,1-2H3,(H,21,25)/b20-12-. The molecule has 0 spiro atoms. The van der Waals surface area contributed by atoms with Gasteiger partial charge in [-0.15, -0.1) is 0 Å².